The predicted octanol–water partition coefficient (Wildman–Crippen LogP) is 1.87. The molecule has 114 valence electrons. The van der Waals surface area contributed by atoms with E-state index < -0.39 is 0 Å². The van der Waals surface area contributed by atoms with Crippen LogP contribution in [0.1, 0.15) is 21.5 Å². The Morgan fingerprint density at radius 2 is 2.14 bits per heavy atom. The lowest BCUT2D eigenvalue weighted by molar-refractivity contribution is 0.0600. The fourth-order valence-electron chi connectivity index (χ4n) is 2.65. The molecule has 1 aromatic heterocycles. The molecule has 0 fully saturated rings. The molecule has 0 saturated heterocycles. The monoisotopic (exact) mass is 298 g/mol. The van der Waals surface area contributed by atoms with E-state index in [4.69, 9.17) is 4.74 Å². The van der Waals surface area contributed by atoms with Crippen LogP contribution < -0.4 is 10.2 Å². The van der Waals surface area contributed by atoms with E-state index >= 15 is 0 Å². The van der Waals surface area contributed by atoms with Gasteiger partial charge in [-0.1, -0.05) is 6.07 Å². The van der Waals surface area contributed by atoms with Gasteiger partial charge in [0.25, 0.3) is 0 Å². The Kier molecular flexibility index (Phi) is 3.91. The Morgan fingerprint density at radius 1 is 1.27 bits per heavy atom. The Morgan fingerprint density at radius 3 is 2.91 bits per heavy atom. The molecule has 0 saturated carbocycles. The fourth-order valence-corrected chi connectivity index (χ4v) is 2.65. The maximum atomic E-state index is 11.6. The van der Waals surface area contributed by atoms with Crippen molar-refractivity contribution in [1.29, 1.82) is 0 Å². The fraction of sp³-hybridized carbons (Fsp3) is 0.312. The number of nitrogens with zero attached hydrogens (tertiary/aromatic N) is 3. The highest BCUT2D eigenvalue weighted by atomic mass is 16.5. The molecule has 0 unspecified atom stereocenters. The van der Waals surface area contributed by atoms with Crippen LogP contribution in [0.4, 0.5) is 11.6 Å². The molecule has 0 bridgehead atoms. The summed E-state index contributed by atoms with van der Waals surface area (Å²) in [5.74, 6) is 1.42. The van der Waals surface area contributed by atoms with Gasteiger partial charge in [0.2, 0.25) is 0 Å². The Labute approximate surface area is 129 Å². The summed E-state index contributed by atoms with van der Waals surface area (Å²) in [4.78, 5) is 22.3. The topological polar surface area (TPSA) is 67.4 Å². The van der Waals surface area contributed by atoms with Crippen LogP contribution in [-0.2, 0) is 17.7 Å². The maximum absolute atomic E-state index is 11.6. The van der Waals surface area contributed by atoms with Crippen LogP contribution in [0.25, 0.3) is 0 Å². The standard InChI is InChI=1S/C16H18N4O2/c1-17-14-8-15(19-10-18-14)20-6-5-11-7-12(16(21)22-2)3-4-13(11)9-20/h3-4,7-8,10H,5-6,9H2,1-2H3,(H,17,18,19). The summed E-state index contributed by atoms with van der Waals surface area (Å²) in [7, 11) is 3.24. The summed E-state index contributed by atoms with van der Waals surface area (Å²) >= 11 is 0. The Bertz CT molecular complexity index is 702. The second-order valence-electron chi connectivity index (χ2n) is 5.16. The van der Waals surface area contributed by atoms with E-state index in [9.17, 15) is 4.79 Å². The quantitative estimate of drug-likeness (QED) is 0.873. The molecule has 0 aliphatic carbocycles. The van der Waals surface area contributed by atoms with Crippen molar-refractivity contribution in [3.05, 3.63) is 47.3 Å². The molecule has 6 nitrogen and oxygen atoms in total. The number of fused-ring (bicyclic) bond motifs is 1. The van der Waals surface area contributed by atoms with E-state index in [0.717, 1.165) is 31.1 Å². The molecular weight excluding hydrogens is 280 g/mol. The first-order valence-corrected chi connectivity index (χ1v) is 7.16. The van der Waals surface area contributed by atoms with E-state index in [2.05, 4.69) is 20.2 Å². The van der Waals surface area contributed by atoms with Crippen LogP contribution in [0, 0.1) is 0 Å². The van der Waals surface area contributed by atoms with Gasteiger partial charge in [-0.2, -0.15) is 0 Å². The number of nitrogens with one attached hydrogen (secondary N) is 1. The molecule has 1 aromatic carbocycles. The largest absolute Gasteiger partial charge is 0.465 e. The molecule has 2 aromatic rings. The number of methoxy groups -OCH3 is 1. The molecular formula is C16H18N4O2. The number of hydrogen-bond donors (Lipinski definition) is 1. The molecule has 0 spiro atoms. The highest BCUT2D eigenvalue weighted by molar-refractivity contribution is 5.89. The smallest absolute Gasteiger partial charge is 0.337 e. The highest BCUT2D eigenvalue weighted by Crippen LogP contribution is 2.25. The third kappa shape index (κ3) is 2.72. The van der Waals surface area contributed by atoms with Crippen molar-refractivity contribution in [3.63, 3.8) is 0 Å². The summed E-state index contributed by atoms with van der Waals surface area (Å²) < 4.78 is 4.77. The highest BCUT2D eigenvalue weighted by Gasteiger charge is 2.19. The van der Waals surface area contributed by atoms with E-state index in [-0.39, 0.29) is 5.97 Å². The lowest BCUT2D eigenvalue weighted by Crippen LogP contribution is -2.31. The summed E-state index contributed by atoms with van der Waals surface area (Å²) in [5, 5.41) is 3.02. The van der Waals surface area contributed by atoms with E-state index in [0.29, 0.717) is 5.56 Å². The number of esters is 1. The van der Waals surface area contributed by atoms with E-state index in [1.165, 1.54) is 18.2 Å². The van der Waals surface area contributed by atoms with Crippen LogP contribution in [-0.4, -0.2) is 36.6 Å². The maximum Gasteiger partial charge on any atom is 0.337 e. The number of anilines is 2. The number of rotatable bonds is 3. The van der Waals surface area contributed by atoms with Crippen molar-refractivity contribution in [1.82, 2.24) is 9.97 Å². The van der Waals surface area contributed by atoms with Gasteiger partial charge in [-0.3, -0.25) is 0 Å². The normalized spacial score (nSPS) is 13.5. The van der Waals surface area contributed by atoms with Crippen molar-refractivity contribution >= 4 is 17.6 Å². The summed E-state index contributed by atoms with van der Waals surface area (Å²) in [5.41, 5.74) is 3.01. The van der Waals surface area contributed by atoms with E-state index in [1.807, 2.05) is 31.3 Å². The minimum Gasteiger partial charge on any atom is -0.465 e. The molecule has 0 amide bonds. The van der Waals surface area contributed by atoms with Crippen molar-refractivity contribution in [2.24, 2.45) is 0 Å². The van der Waals surface area contributed by atoms with Crippen LogP contribution >= 0.6 is 0 Å². The Hall–Kier alpha value is -2.63. The van der Waals surface area contributed by atoms with Gasteiger partial charge in [0.15, 0.2) is 0 Å². The summed E-state index contributed by atoms with van der Waals surface area (Å²) in [6, 6.07) is 7.67. The van der Waals surface area contributed by atoms with Crippen LogP contribution in [0.2, 0.25) is 0 Å². The third-order valence-corrected chi connectivity index (χ3v) is 3.87. The molecule has 1 aliphatic rings. The van der Waals surface area contributed by atoms with Gasteiger partial charge in [-0.15, -0.1) is 0 Å². The predicted molar refractivity (Wildman–Crippen MR) is 84.1 cm³/mol. The van der Waals surface area contributed by atoms with Gasteiger partial charge in [-0.05, 0) is 29.7 Å². The number of aromatic nitrogens is 2. The van der Waals surface area contributed by atoms with Gasteiger partial charge in [0.1, 0.15) is 18.0 Å². The number of carbonyl (C=O) groups excluding carboxylic acids is 1. The van der Waals surface area contributed by atoms with E-state index in [1.54, 1.807) is 6.33 Å². The SMILES string of the molecule is CNc1cc(N2CCc3cc(C(=O)OC)ccc3C2)ncn1. The number of carbonyl (C=O) groups is 1. The van der Waals surface area contributed by atoms with Crippen LogP contribution in [0.3, 0.4) is 0 Å². The first-order chi connectivity index (χ1) is 10.7. The Balaban J connectivity index is 1.83. The van der Waals surface area contributed by atoms with Crippen molar-refractivity contribution < 1.29 is 9.53 Å². The second-order valence-corrected chi connectivity index (χ2v) is 5.16. The third-order valence-electron chi connectivity index (χ3n) is 3.87. The molecule has 6 heteroatoms. The minimum atomic E-state index is -0.292. The average Bonchev–Trinajstić information content (AvgIpc) is 2.60. The van der Waals surface area contributed by atoms with Crippen molar-refractivity contribution in [3.8, 4) is 0 Å². The molecule has 1 aliphatic heterocycles. The number of ether oxygens (including phenoxy) is 1. The van der Waals surface area contributed by atoms with Gasteiger partial charge in [-0.25, -0.2) is 14.8 Å². The zero-order valence-electron chi connectivity index (χ0n) is 12.7. The molecule has 0 atom stereocenters. The number of benzene rings is 1. The minimum absolute atomic E-state index is 0.292. The lowest BCUT2D eigenvalue weighted by atomic mass is 9.97. The van der Waals surface area contributed by atoms with Crippen LogP contribution in [0.5, 0.6) is 0 Å². The van der Waals surface area contributed by atoms with Gasteiger partial charge in [0.05, 0.1) is 12.7 Å². The average molecular weight is 298 g/mol. The first-order valence-electron chi connectivity index (χ1n) is 7.16. The second kappa shape index (κ2) is 6.01. The molecule has 2 heterocycles. The summed E-state index contributed by atoms with van der Waals surface area (Å²) in [6.45, 7) is 1.63. The number of hydrogen-bond acceptors (Lipinski definition) is 6. The summed E-state index contributed by atoms with van der Waals surface area (Å²) in [6.07, 6.45) is 2.44. The molecule has 0 radical (unpaired) electrons. The first kappa shape index (κ1) is 14.3. The van der Waals surface area contributed by atoms with Gasteiger partial charge < -0.3 is 15.0 Å². The molecule has 3 rings (SSSR count). The zero-order chi connectivity index (χ0) is 15.5. The molecule has 1 N–H and O–H groups in total. The van der Waals surface area contributed by atoms with Gasteiger partial charge >= 0.3 is 5.97 Å². The van der Waals surface area contributed by atoms with Crippen molar-refractivity contribution in [2.75, 3.05) is 30.9 Å². The van der Waals surface area contributed by atoms with Gasteiger partial charge in [0, 0.05) is 26.2 Å². The lowest BCUT2D eigenvalue weighted by Gasteiger charge is -2.30. The zero-order valence-corrected chi connectivity index (χ0v) is 12.7. The van der Waals surface area contributed by atoms with Crippen LogP contribution in [0.15, 0.2) is 30.6 Å². The molecule has 22 heavy (non-hydrogen) atoms. The van der Waals surface area contributed by atoms with Crippen molar-refractivity contribution in [2.45, 2.75) is 13.0 Å².